The molecular weight excluding hydrogens is 164 g/mol. The smallest absolute Gasteiger partial charge is 0.169 e. The Labute approximate surface area is 80.7 Å². The second kappa shape index (κ2) is 3.79. The van der Waals surface area contributed by atoms with Gasteiger partial charge in [0.1, 0.15) is 5.60 Å². The molecule has 0 radical (unpaired) electrons. The summed E-state index contributed by atoms with van der Waals surface area (Å²) >= 11 is 0. The molecule has 76 valence electrons. The monoisotopic (exact) mass is 184 g/mol. The van der Waals surface area contributed by atoms with Crippen LogP contribution in [-0.2, 0) is 9.53 Å². The highest BCUT2D eigenvalue weighted by molar-refractivity contribution is 5.91. The molecule has 0 spiro atoms. The van der Waals surface area contributed by atoms with Crippen molar-refractivity contribution in [2.45, 2.75) is 46.1 Å². The molecule has 0 aromatic carbocycles. The van der Waals surface area contributed by atoms with Gasteiger partial charge in [-0.2, -0.15) is 0 Å². The van der Waals surface area contributed by atoms with E-state index in [-0.39, 0.29) is 5.92 Å². The number of carbonyl (C=O) groups is 1. The zero-order chi connectivity index (χ0) is 10.1. The zero-order valence-corrected chi connectivity index (χ0v) is 9.09. The van der Waals surface area contributed by atoms with Crippen molar-refractivity contribution in [3.63, 3.8) is 0 Å². The zero-order valence-electron chi connectivity index (χ0n) is 9.09. The van der Waals surface area contributed by atoms with Crippen LogP contribution in [0.4, 0.5) is 0 Å². The maximum atomic E-state index is 11.9. The minimum absolute atomic E-state index is 0.201. The summed E-state index contributed by atoms with van der Waals surface area (Å²) in [4.78, 5) is 11.9. The lowest BCUT2D eigenvalue weighted by molar-refractivity contribution is -0.128. The SMILES string of the molecule is CC[C@@H](CC(C)C)C(=O)C1(C)CO1. The van der Waals surface area contributed by atoms with Crippen LogP contribution in [0.15, 0.2) is 0 Å². The maximum absolute atomic E-state index is 11.9. The fourth-order valence-corrected chi connectivity index (χ4v) is 1.71. The highest BCUT2D eigenvalue weighted by Gasteiger charge is 2.48. The van der Waals surface area contributed by atoms with Crippen molar-refractivity contribution >= 4 is 5.78 Å². The summed E-state index contributed by atoms with van der Waals surface area (Å²) in [7, 11) is 0. The summed E-state index contributed by atoms with van der Waals surface area (Å²) in [6, 6.07) is 0. The molecule has 2 heteroatoms. The number of ether oxygens (including phenoxy) is 1. The van der Waals surface area contributed by atoms with Gasteiger partial charge in [0.05, 0.1) is 6.61 Å². The van der Waals surface area contributed by atoms with Gasteiger partial charge in [-0.1, -0.05) is 20.8 Å². The van der Waals surface area contributed by atoms with Crippen molar-refractivity contribution in [2.75, 3.05) is 6.61 Å². The van der Waals surface area contributed by atoms with Gasteiger partial charge in [0.2, 0.25) is 0 Å². The highest BCUT2D eigenvalue weighted by Crippen LogP contribution is 2.33. The van der Waals surface area contributed by atoms with Gasteiger partial charge in [-0.05, 0) is 25.7 Å². The Bertz CT molecular complexity index is 192. The molecule has 0 aliphatic carbocycles. The summed E-state index contributed by atoms with van der Waals surface area (Å²) in [6.45, 7) is 8.92. The van der Waals surface area contributed by atoms with E-state index in [0.717, 1.165) is 12.8 Å². The van der Waals surface area contributed by atoms with Crippen molar-refractivity contribution in [3.8, 4) is 0 Å². The molecule has 0 bridgehead atoms. The standard InChI is InChI=1S/C11H20O2/c1-5-9(6-8(2)3)10(12)11(4)7-13-11/h8-9H,5-7H2,1-4H3/t9-,11?/m0/s1. The Morgan fingerprint density at radius 1 is 1.54 bits per heavy atom. The van der Waals surface area contributed by atoms with Crippen molar-refractivity contribution in [1.82, 2.24) is 0 Å². The quantitative estimate of drug-likeness (QED) is 0.614. The molecule has 1 rings (SSSR count). The molecule has 1 saturated heterocycles. The van der Waals surface area contributed by atoms with Crippen LogP contribution in [0.3, 0.4) is 0 Å². The Hall–Kier alpha value is -0.370. The molecule has 13 heavy (non-hydrogen) atoms. The molecule has 0 saturated carbocycles. The van der Waals surface area contributed by atoms with E-state index >= 15 is 0 Å². The van der Waals surface area contributed by atoms with Gasteiger partial charge in [-0.25, -0.2) is 0 Å². The molecule has 0 N–H and O–H groups in total. The molecule has 0 amide bonds. The molecule has 1 fully saturated rings. The molecule has 2 nitrogen and oxygen atoms in total. The molecule has 1 unspecified atom stereocenters. The lowest BCUT2D eigenvalue weighted by Crippen LogP contribution is -2.29. The van der Waals surface area contributed by atoms with E-state index in [1.54, 1.807) is 0 Å². The molecule has 1 heterocycles. The number of carbonyl (C=O) groups excluding carboxylic acids is 1. The van der Waals surface area contributed by atoms with Gasteiger partial charge in [0.25, 0.3) is 0 Å². The van der Waals surface area contributed by atoms with Crippen LogP contribution in [0.25, 0.3) is 0 Å². The van der Waals surface area contributed by atoms with Gasteiger partial charge in [0.15, 0.2) is 5.78 Å². The number of Topliss-reactive ketones (excluding diaryl/α,β-unsaturated/α-hetero) is 1. The Morgan fingerprint density at radius 3 is 2.38 bits per heavy atom. The third-order valence-corrected chi connectivity index (χ3v) is 2.72. The number of rotatable bonds is 5. The fraction of sp³-hybridized carbons (Fsp3) is 0.909. The number of ketones is 1. The maximum Gasteiger partial charge on any atom is 0.169 e. The third-order valence-electron chi connectivity index (χ3n) is 2.72. The molecule has 1 aliphatic rings. The van der Waals surface area contributed by atoms with Gasteiger partial charge < -0.3 is 4.74 Å². The van der Waals surface area contributed by atoms with Crippen LogP contribution >= 0.6 is 0 Å². The minimum Gasteiger partial charge on any atom is -0.362 e. The molecule has 2 atom stereocenters. The number of hydrogen-bond acceptors (Lipinski definition) is 2. The van der Waals surface area contributed by atoms with Crippen molar-refractivity contribution < 1.29 is 9.53 Å². The van der Waals surface area contributed by atoms with Crippen molar-refractivity contribution in [1.29, 1.82) is 0 Å². The van der Waals surface area contributed by atoms with Crippen molar-refractivity contribution in [3.05, 3.63) is 0 Å². The van der Waals surface area contributed by atoms with Crippen LogP contribution in [0.1, 0.15) is 40.5 Å². The van der Waals surface area contributed by atoms with E-state index < -0.39 is 5.60 Å². The lowest BCUT2D eigenvalue weighted by Gasteiger charge is -2.17. The predicted molar refractivity (Wildman–Crippen MR) is 52.6 cm³/mol. The first-order valence-corrected chi connectivity index (χ1v) is 5.18. The van der Waals surface area contributed by atoms with Crippen LogP contribution < -0.4 is 0 Å². The van der Waals surface area contributed by atoms with E-state index in [1.807, 2.05) is 6.92 Å². The summed E-state index contributed by atoms with van der Waals surface area (Å²) < 4.78 is 5.17. The first kappa shape index (κ1) is 10.7. The highest BCUT2D eigenvalue weighted by atomic mass is 16.6. The normalized spacial score (nSPS) is 29.0. The van der Waals surface area contributed by atoms with Crippen LogP contribution in [0.5, 0.6) is 0 Å². The van der Waals surface area contributed by atoms with E-state index in [4.69, 9.17) is 4.74 Å². The fourth-order valence-electron chi connectivity index (χ4n) is 1.71. The van der Waals surface area contributed by atoms with E-state index in [2.05, 4.69) is 20.8 Å². The van der Waals surface area contributed by atoms with Crippen LogP contribution in [0.2, 0.25) is 0 Å². The third kappa shape index (κ3) is 2.53. The summed E-state index contributed by atoms with van der Waals surface area (Å²) in [6.07, 6.45) is 1.93. The number of hydrogen-bond donors (Lipinski definition) is 0. The first-order valence-electron chi connectivity index (χ1n) is 5.18. The topological polar surface area (TPSA) is 29.6 Å². The predicted octanol–water partition coefficient (Wildman–Crippen LogP) is 2.42. The molecule has 1 aliphatic heterocycles. The minimum atomic E-state index is -0.421. The van der Waals surface area contributed by atoms with E-state index in [9.17, 15) is 4.79 Å². The van der Waals surface area contributed by atoms with E-state index in [1.165, 1.54) is 0 Å². The Kier molecular flexibility index (Phi) is 3.12. The molecule has 0 aromatic heterocycles. The average molecular weight is 184 g/mol. The second-order valence-corrected chi connectivity index (χ2v) is 4.62. The summed E-state index contributed by atoms with van der Waals surface area (Å²) in [5.74, 6) is 1.10. The average Bonchev–Trinajstić information content (AvgIpc) is 2.79. The van der Waals surface area contributed by atoms with Gasteiger partial charge in [-0.15, -0.1) is 0 Å². The Balaban J connectivity index is 2.51. The largest absolute Gasteiger partial charge is 0.362 e. The van der Waals surface area contributed by atoms with Gasteiger partial charge in [-0.3, -0.25) is 4.79 Å². The van der Waals surface area contributed by atoms with Crippen LogP contribution in [-0.4, -0.2) is 18.0 Å². The first-order chi connectivity index (χ1) is 5.99. The van der Waals surface area contributed by atoms with E-state index in [0.29, 0.717) is 18.3 Å². The van der Waals surface area contributed by atoms with Gasteiger partial charge >= 0.3 is 0 Å². The number of epoxide rings is 1. The second-order valence-electron chi connectivity index (χ2n) is 4.62. The lowest BCUT2D eigenvalue weighted by atomic mass is 9.86. The van der Waals surface area contributed by atoms with Crippen LogP contribution in [0, 0.1) is 11.8 Å². The summed E-state index contributed by atoms with van der Waals surface area (Å²) in [5, 5.41) is 0. The Morgan fingerprint density at radius 2 is 2.08 bits per heavy atom. The van der Waals surface area contributed by atoms with Crippen molar-refractivity contribution in [2.24, 2.45) is 11.8 Å². The molecular formula is C11H20O2. The summed E-state index contributed by atoms with van der Waals surface area (Å²) in [5.41, 5.74) is -0.421. The molecule has 0 aromatic rings. The van der Waals surface area contributed by atoms with Gasteiger partial charge in [0, 0.05) is 5.92 Å².